The third-order valence-corrected chi connectivity index (χ3v) is 8.62. The van der Waals surface area contributed by atoms with Crippen LogP contribution < -0.4 is 9.47 Å². The molecule has 0 spiro atoms. The fraction of sp³-hybridized carbons (Fsp3) is 0.0833. The van der Waals surface area contributed by atoms with Gasteiger partial charge in [-0.2, -0.15) is 5.10 Å². The smallest absolute Gasteiger partial charge is 0.267 e. The Labute approximate surface area is 280 Å². The van der Waals surface area contributed by atoms with Gasteiger partial charge in [-0.3, -0.25) is 9.69 Å². The Morgan fingerprint density at radius 1 is 0.870 bits per heavy atom. The topological polar surface area (TPSA) is 76.6 Å². The number of hydrogen-bond acceptors (Lipinski definition) is 7. The lowest BCUT2D eigenvalue weighted by Gasteiger charge is -2.13. The molecular formula is C36H27Cl2N3O4S. The van der Waals surface area contributed by atoms with E-state index in [0.717, 1.165) is 27.8 Å². The largest absolute Gasteiger partial charge is 0.493 e. The first-order valence-corrected chi connectivity index (χ1v) is 15.8. The van der Waals surface area contributed by atoms with E-state index in [4.69, 9.17) is 37.1 Å². The first-order valence-electron chi connectivity index (χ1n) is 14.2. The molecule has 0 atom stereocenters. The molecular weight excluding hydrogens is 641 g/mol. The van der Waals surface area contributed by atoms with Crippen LogP contribution in [0.1, 0.15) is 22.5 Å². The fourth-order valence-electron chi connectivity index (χ4n) is 4.66. The molecule has 1 aliphatic heterocycles. The van der Waals surface area contributed by atoms with Crippen LogP contribution in [-0.4, -0.2) is 29.3 Å². The highest BCUT2D eigenvalue weighted by Crippen LogP contribution is 2.36. The SMILES string of the molecule is COc1cc(/C=C2\S/C(=N/N=C\c3ccc(-c4ccccc4)cc3)N(Cc3ccco3)C2=O)ccc1OCc1ccc(Cl)cc1Cl. The molecule has 1 amide bonds. The Morgan fingerprint density at radius 3 is 2.39 bits per heavy atom. The standard InChI is InChI=1S/C36H27Cl2N3O4S/c1-43-33-18-25(11-16-32(33)45-23-28-14-15-29(37)20-31(28)38)19-34-35(42)41(22-30-8-5-17-44-30)36(46-34)40-39-21-24-9-12-27(13-10-24)26-6-3-2-4-7-26/h2-21H,22-23H2,1H3/b34-19-,39-21-,40-36+. The summed E-state index contributed by atoms with van der Waals surface area (Å²) in [5.41, 5.74) is 4.69. The highest BCUT2D eigenvalue weighted by Gasteiger charge is 2.34. The van der Waals surface area contributed by atoms with Gasteiger partial charge in [-0.05, 0) is 76.5 Å². The van der Waals surface area contributed by atoms with Gasteiger partial charge in [-0.15, -0.1) is 5.10 Å². The van der Waals surface area contributed by atoms with Gasteiger partial charge in [0.2, 0.25) is 0 Å². The monoisotopic (exact) mass is 667 g/mol. The maximum atomic E-state index is 13.6. The van der Waals surface area contributed by atoms with Crippen molar-refractivity contribution < 1.29 is 18.7 Å². The van der Waals surface area contributed by atoms with Crippen LogP contribution in [0.3, 0.4) is 0 Å². The number of thioether (sulfide) groups is 1. The molecule has 46 heavy (non-hydrogen) atoms. The van der Waals surface area contributed by atoms with Gasteiger partial charge in [-0.1, -0.05) is 89.9 Å². The number of furan rings is 1. The summed E-state index contributed by atoms with van der Waals surface area (Å²) in [5.74, 6) is 1.47. The Morgan fingerprint density at radius 2 is 1.65 bits per heavy atom. The maximum absolute atomic E-state index is 13.6. The van der Waals surface area contributed by atoms with E-state index >= 15 is 0 Å². The van der Waals surface area contributed by atoms with E-state index < -0.39 is 0 Å². The van der Waals surface area contributed by atoms with Crippen LogP contribution >= 0.6 is 35.0 Å². The number of ether oxygens (including phenoxy) is 2. The zero-order valence-electron chi connectivity index (χ0n) is 24.6. The van der Waals surface area contributed by atoms with Crippen molar-refractivity contribution in [1.82, 2.24) is 4.90 Å². The molecule has 10 heteroatoms. The quantitative estimate of drug-likeness (QED) is 0.0842. The lowest BCUT2D eigenvalue weighted by atomic mass is 10.0. The third kappa shape index (κ3) is 7.54. The molecule has 4 aromatic carbocycles. The molecule has 0 N–H and O–H groups in total. The normalized spacial score (nSPS) is 14.9. The first-order chi connectivity index (χ1) is 22.5. The molecule has 1 fully saturated rings. The van der Waals surface area contributed by atoms with Gasteiger partial charge in [0.1, 0.15) is 12.4 Å². The van der Waals surface area contributed by atoms with E-state index in [-0.39, 0.29) is 19.1 Å². The summed E-state index contributed by atoms with van der Waals surface area (Å²) in [6, 6.07) is 32.5. The van der Waals surface area contributed by atoms with Crippen molar-refractivity contribution in [2.24, 2.45) is 10.2 Å². The van der Waals surface area contributed by atoms with Gasteiger partial charge in [0.05, 0.1) is 31.0 Å². The van der Waals surface area contributed by atoms with Crippen LogP contribution in [0.25, 0.3) is 17.2 Å². The number of benzene rings is 4. The molecule has 1 aliphatic rings. The van der Waals surface area contributed by atoms with Crippen LogP contribution in [0.5, 0.6) is 11.5 Å². The Bertz CT molecular complexity index is 1930. The minimum absolute atomic E-state index is 0.209. The zero-order valence-corrected chi connectivity index (χ0v) is 26.9. The average molecular weight is 669 g/mol. The van der Waals surface area contributed by atoms with Gasteiger partial charge < -0.3 is 13.9 Å². The second-order valence-corrected chi connectivity index (χ2v) is 12.0. The van der Waals surface area contributed by atoms with Crippen LogP contribution in [0, 0.1) is 0 Å². The number of amidine groups is 1. The summed E-state index contributed by atoms with van der Waals surface area (Å²) in [6.07, 6.45) is 5.03. The fourth-order valence-corrected chi connectivity index (χ4v) is 6.05. The van der Waals surface area contributed by atoms with Gasteiger partial charge in [0.25, 0.3) is 5.91 Å². The summed E-state index contributed by atoms with van der Waals surface area (Å²) >= 11 is 13.5. The molecule has 0 saturated carbocycles. The molecule has 230 valence electrons. The van der Waals surface area contributed by atoms with Crippen LogP contribution in [0.4, 0.5) is 0 Å². The van der Waals surface area contributed by atoms with E-state index in [1.165, 1.54) is 11.8 Å². The van der Waals surface area contributed by atoms with Crippen molar-refractivity contribution in [3.8, 4) is 22.6 Å². The van der Waals surface area contributed by atoms with Crippen molar-refractivity contribution in [3.63, 3.8) is 0 Å². The zero-order chi connectivity index (χ0) is 31.9. The minimum atomic E-state index is -0.209. The van der Waals surface area contributed by atoms with Crippen LogP contribution in [0.2, 0.25) is 10.0 Å². The van der Waals surface area contributed by atoms with E-state index in [1.807, 2.05) is 66.7 Å². The number of amides is 1. The molecule has 0 aliphatic carbocycles. The highest BCUT2D eigenvalue weighted by atomic mass is 35.5. The van der Waals surface area contributed by atoms with E-state index in [2.05, 4.69) is 22.3 Å². The van der Waals surface area contributed by atoms with Gasteiger partial charge in [0.15, 0.2) is 16.7 Å². The number of nitrogens with zero attached hydrogens (tertiary/aromatic N) is 3. The Balaban J connectivity index is 1.20. The summed E-state index contributed by atoms with van der Waals surface area (Å²) in [5, 5.41) is 10.3. The molecule has 0 radical (unpaired) electrons. The molecule has 1 saturated heterocycles. The second-order valence-electron chi connectivity index (χ2n) is 10.1. The summed E-state index contributed by atoms with van der Waals surface area (Å²) in [7, 11) is 1.56. The molecule has 0 unspecified atom stereocenters. The van der Waals surface area contributed by atoms with Crippen molar-refractivity contribution in [3.05, 3.63) is 147 Å². The molecule has 2 heterocycles. The number of methoxy groups -OCH3 is 1. The molecule has 1 aromatic heterocycles. The molecule has 5 aromatic rings. The van der Waals surface area contributed by atoms with E-state index in [9.17, 15) is 4.79 Å². The lowest BCUT2D eigenvalue weighted by molar-refractivity contribution is -0.122. The summed E-state index contributed by atoms with van der Waals surface area (Å²) in [4.78, 5) is 15.6. The Kier molecular flexibility index (Phi) is 9.88. The second kappa shape index (κ2) is 14.6. The highest BCUT2D eigenvalue weighted by molar-refractivity contribution is 8.18. The van der Waals surface area contributed by atoms with Gasteiger partial charge in [0, 0.05) is 15.6 Å². The van der Waals surface area contributed by atoms with E-state index in [1.54, 1.807) is 54.8 Å². The average Bonchev–Trinajstić information content (AvgIpc) is 3.70. The van der Waals surface area contributed by atoms with Crippen LogP contribution in [-0.2, 0) is 17.9 Å². The lowest BCUT2D eigenvalue weighted by Crippen LogP contribution is -2.28. The molecule has 7 nitrogen and oxygen atoms in total. The first kappa shape index (κ1) is 31.2. The van der Waals surface area contributed by atoms with Crippen molar-refractivity contribution in [2.45, 2.75) is 13.2 Å². The van der Waals surface area contributed by atoms with E-state index in [0.29, 0.717) is 37.4 Å². The van der Waals surface area contributed by atoms with Gasteiger partial charge in [-0.25, -0.2) is 0 Å². The van der Waals surface area contributed by atoms with Crippen molar-refractivity contribution in [2.75, 3.05) is 7.11 Å². The maximum Gasteiger partial charge on any atom is 0.267 e. The van der Waals surface area contributed by atoms with Crippen LogP contribution in [0.15, 0.2) is 129 Å². The van der Waals surface area contributed by atoms with Crippen molar-refractivity contribution >= 4 is 58.3 Å². The minimum Gasteiger partial charge on any atom is -0.493 e. The third-order valence-electron chi connectivity index (χ3n) is 7.03. The number of carbonyl (C=O) groups is 1. The molecule has 0 bridgehead atoms. The number of halogens is 2. The molecule has 6 rings (SSSR count). The predicted octanol–water partition coefficient (Wildman–Crippen LogP) is 9.35. The number of rotatable bonds is 10. The summed E-state index contributed by atoms with van der Waals surface area (Å²) < 4.78 is 17.1. The predicted molar refractivity (Wildman–Crippen MR) is 186 cm³/mol. The summed E-state index contributed by atoms with van der Waals surface area (Å²) in [6.45, 7) is 0.458. The van der Waals surface area contributed by atoms with Gasteiger partial charge >= 0.3 is 0 Å². The Hall–Kier alpha value is -4.76. The van der Waals surface area contributed by atoms with Crippen molar-refractivity contribution in [1.29, 1.82) is 0 Å². The number of carbonyl (C=O) groups excluding carboxylic acids is 1. The number of hydrogen-bond donors (Lipinski definition) is 0.